The molecule has 5 nitrogen and oxygen atoms in total. The highest BCUT2D eigenvalue weighted by molar-refractivity contribution is 7.71. The molecular formula is C18H13ClN4OS. The molecule has 0 bridgehead atoms. The van der Waals surface area contributed by atoms with Crippen molar-refractivity contribution in [1.29, 1.82) is 0 Å². The molecule has 0 aliphatic heterocycles. The Kier molecular flexibility index (Phi) is 3.99. The number of halogens is 1. The van der Waals surface area contributed by atoms with Crippen LogP contribution in [0.25, 0.3) is 28.1 Å². The van der Waals surface area contributed by atoms with E-state index in [2.05, 4.69) is 10.2 Å². The van der Waals surface area contributed by atoms with E-state index in [9.17, 15) is 0 Å². The Labute approximate surface area is 153 Å². The van der Waals surface area contributed by atoms with Crippen LogP contribution in [0.1, 0.15) is 0 Å². The number of benzene rings is 2. The van der Waals surface area contributed by atoms with Crippen LogP contribution in [0.3, 0.4) is 0 Å². The number of aromatic nitrogens is 4. The van der Waals surface area contributed by atoms with Crippen LogP contribution >= 0.6 is 23.8 Å². The summed E-state index contributed by atoms with van der Waals surface area (Å²) < 4.78 is 7.66. The summed E-state index contributed by atoms with van der Waals surface area (Å²) >= 11 is 11.6. The molecule has 0 saturated carbocycles. The molecule has 0 saturated heterocycles. The topological polar surface area (TPSA) is 55.7 Å². The number of ether oxygens (including phenoxy) is 1. The third kappa shape index (κ3) is 2.79. The van der Waals surface area contributed by atoms with Crippen LogP contribution in [-0.4, -0.2) is 26.9 Å². The van der Waals surface area contributed by atoms with Crippen molar-refractivity contribution in [1.82, 2.24) is 19.7 Å². The fourth-order valence-corrected chi connectivity index (χ4v) is 3.12. The van der Waals surface area contributed by atoms with Crippen molar-refractivity contribution < 1.29 is 4.74 Å². The summed E-state index contributed by atoms with van der Waals surface area (Å²) in [6.45, 7) is 0. The molecule has 0 spiro atoms. The average Bonchev–Trinajstić information content (AvgIpc) is 3.02. The number of fused-ring (bicyclic) bond motifs is 1. The molecule has 2 aromatic heterocycles. The van der Waals surface area contributed by atoms with E-state index in [1.165, 1.54) is 0 Å². The van der Waals surface area contributed by atoms with Gasteiger partial charge in [0.2, 0.25) is 0 Å². The summed E-state index contributed by atoms with van der Waals surface area (Å²) in [6.07, 6.45) is 0. The van der Waals surface area contributed by atoms with Crippen LogP contribution in [0.4, 0.5) is 0 Å². The molecule has 0 amide bonds. The van der Waals surface area contributed by atoms with Crippen molar-refractivity contribution in [2.75, 3.05) is 7.11 Å². The lowest BCUT2D eigenvalue weighted by molar-refractivity contribution is 0.413. The van der Waals surface area contributed by atoms with Crippen molar-refractivity contribution >= 4 is 34.7 Å². The molecule has 0 fully saturated rings. The molecule has 0 unspecified atom stereocenters. The predicted molar refractivity (Wildman–Crippen MR) is 101 cm³/mol. The lowest BCUT2D eigenvalue weighted by atomic mass is 10.2. The summed E-state index contributed by atoms with van der Waals surface area (Å²) in [5.41, 5.74) is 2.30. The molecule has 124 valence electrons. The molecule has 0 aliphatic rings. The Morgan fingerprint density at radius 3 is 2.80 bits per heavy atom. The minimum absolute atomic E-state index is 0.436. The summed E-state index contributed by atoms with van der Waals surface area (Å²) in [5.74, 6) is 1.24. The Morgan fingerprint density at radius 1 is 1.12 bits per heavy atom. The molecule has 0 radical (unpaired) electrons. The normalized spacial score (nSPS) is 11.0. The number of methoxy groups -OCH3 is 1. The molecule has 0 atom stereocenters. The number of hydrogen-bond acceptors (Lipinski definition) is 4. The molecule has 2 heterocycles. The van der Waals surface area contributed by atoms with E-state index in [1.807, 2.05) is 36.4 Å². The molecule has 2 aromatic carbocycles. The van der Waals surface area contributed by atoms with E-state index in [1.54, 1.807) is 29.9 Å². The first-order valence-corrected chi connectivity index (χ1v) is 8.33. The average molecular weight is 369 g/mol. The molecule has 0 aliphatic carbocycles. The maximum absolute atomic E-state index is 6.17. The first-order valence-electron chi connectivity index (χ1n) is 7.55. The Hall–Kier alpha value is -2.70. The number of nitrogens with one attached hydrogen (secondary N) is 1. The number of para-hydroxylation sites is 1. The highest BCUT2D eigenvalue weighted by Gasteiger charge is 2.16. The smallest absolute Gasteiger partial charge is 0.200 e. The predicted octanol–water partition coefficient (Wildman–Crippen LogP) is 4.81. The van der Waals surface area contributed by atoms with Gasteiger partial charge in [-0.15, -0.1) is 0 Å². The van der Waals surface area contributed by atoms with E-state index in [-0.39, 0.29) is 0 Å². The monoisotopic (exact) mass is 368 g/mol. The minimum Gasteiger partial charge on any atom is -0.495 e. The van der Waals surface area contributed by atoms with Crippen molar-refractivity contribution in [3.63, 3.8) is 0 Å². The first-order chi connectivity index (χ1) is 12.2. The van der Waals surface area contributed by atoms with E-state index < -0.39 is 0 Å². The number of hydrogen-bond donors (Lipinski definition) is 1. The third-order valence-corrected chi connectivity index (χ3v) is 4.39. The quantitative estimate of drug-likeness (QED) is 0.527. The van der Waals surface area contributed by atoms with Gasteiger partial charge in [0.05, 0.1) is 18.3 Å². The maximum Gasteiger partial charge on any atom is 0.200 e. The molecule has 7 heteroatoms. The third-order valence-electron chi connectivity index (χ3n) is 3.88. The molecule has 25 heavy (non-hydrogen) atoms. The summed E-state index contributed by atoms with van der Waals surface area (Å²) in [7, 11) is 1.60. The number of rotatable bonds is 3. The highest BCUT2D eigenvalue weighted by atomic mass is 35.5. The summed E-state index contributed by atoms with van der Waals surface area (Å²) in [6, 6.07) is 17.2. The largest absolute Gasteiger partial charge is 0.495 e. The van der Waals surface area contributed by atoms with Gasteiger partial charge in [-0.1, -0.05) is 35.9 Å². The van der Waals surface area contributed by atoms with Crippen molar-refractivity contribution in [2.24, 2.45) is 0 Å². The Bertz CT molecular complexity index is 1140. The zero-order chi connectivity index (χ0) is 17.4. The van der Waals surface area contributed by atoms with E-state index in [0.717, 1.165) is 10.9 Å². The van der Waals surface area contributed by atoms with Gasteiger partial charge in [0, 0.05) is 10.4 Å². The van der Waals surface area contributed by atoms with E-state index >= 15 is 0 Å². The van der Waals surface area contributed by atoms with Crippen LogP contribution in [0.5, 0.6) is 5.75 Å². The fourth-order valence-electron chi connectivity index (χ4n) is 2.72. The minimum atomic E-state index is 0.436. The van der Waals surface area contributed by atoms with Crippen LogP contribution in [-0.2, 0) is 0 Å². The second-order valence-electron chi connectivity index (χ2n) is 5.39. The maximum atomic E-state index is 6.17. The highest BCUT2D eigenvalue weighted by Crippen LogP contribution is 2.30. The number of aromatic amines is 1. The van der Waals surface area contributed by atoms with Gasteiger partial charge in [-0.25, -0.2) is 4.98 Å². The van der Waals surface area contributed by atoms with Crippen LogP contribution in [0.15, 0.2) is 54.6 Å². The second kappa shape index (κ2) is 6.31. The first kappa shape index (κ1) is 15.8. The summed E-state index contributed by atoms with van der Waals surface area (Å²) in [5, 5.41) is 8.83. The Balaban J connectivity index is 1.96. The van der Waals surface area contributed by atoms with Crippen LogP contribution in [0.2, 0.25) is 5.02 Å². The standard InChI is InChI=1S/C18H13ClN4OS/c1-24-16-9-7-12(19)10-15(16)23-17(21-22-18(23)25)14-8-6-11-4-2-3-5-13(11)20-14/h2-10H,1H3,(H,22,25). The van der Waals surface area contributed by atoms with Gasteiger partial charge in [0.1, 0.15) is 11.4 Å². The zero-order valence-electron chi connectivity index (χ0n) is 13.2. The van der Waals surface area contributed by atoms with Crippen molar-refractivity contribution in [3.8, 4) is 23.0 Å². The van der Waals surface area contributed by atoms with Gasteiger partial charge < -0.3 is 4.74 Å². The van der Waals surface area contributed by atoms with Crippen molar-refractivity contribution in [3.05, 3.63) is 64.4 Å². The SMILES string of the molecule is COc1ccc(Cl)cc1-n1c(-c2ccc3ccccc3n2)n[nH]c1=S. The van der Waals surface area contributed by atoms with Crippen LogP contribution < -0.4 is 4.74 Å². The Morgan fingerprint density at radius 2 is 1.96 bits per heavy atom. The lowest BCUT2D eigenvalue weighted by Gasteiger charge is -2.12. The lowest BCUT2D eigenvalue weighted by Crippen LogP contribution is -2.02. The fraction of sp³-hybridized carbons (Fsp3) is 0.0556. The van der Waals surface area contributed by atoms with Crippen LogP contribution in [0, 0.1) is 4.77 Å². The van der Waals surface area contributed by atoms with Gasteiger partial charge in [-0.05, 0) is 42.5 Å². The van der Waals surface area contributed by atoms with Gasteiger partial charge in [0.25, 0.3) is 0 Å². The molecular weight excluding hydrogens is 356 g/mol. The van der Waals surface area contributed by atoms with E-state index in [0.29, 0.717) is 32.7 Å². The van der Waals surface area contributed by atoms with E-state index in [4.69, 9.17) is 33.5 Å². The van der Waals surface area contributed by atoms with Gasteiger partial charge in [0.15, 0.2) is 10.6 Å². The number of nitrogens with zero attached hydrogens (tertiary/aromatic N) is 3. The summed E-state index contributed by atoms with van der Waals surface area (Å²) in [4.78, 5) is 4.70. The number of pyridine rings is 1. The van der Waals surface area contributed by atoms with Gasteiger partial charge >= 0.3 is 0 Å². The second-order valence-corrected chi connectivity index (χ2v) is 6.22. The molecule has 1 N–H and O–H groups in total. The molecule has 4 rings (SSSR count). The number of H-pyrrole nitrogens is 1. The van der Waals surface area contributed by atoms with Crippen molar-refractivity contribution in [2.45, 2.75) is 0 Å². The zero-order valence-corrected chi connectivity index (χ0v) is 14.8. The molecule has 4 aromatic rings. The van der Waals surface area contributed by atoms with Gasteiger partial charge in [-0.3, -0.25) is 9.67 Å². The van der Waals surface area contributed by atoms with Gasteiger partial charge in [-0.2, -0.15) is 5.10 Å².